The summed E-state index contributed by atoms with van der Waals surface area (Å²) in [5, 5.41) is 0. The molecule has 4 heteroatoms. The summed E-state index contributed by atoms with van der Waals surface area (Å²) < 4.78 is 6.83. The van der Waals surface area contributed by atoms with Crippen molar-refractivity contribution >= 4 is 28.3 Å². The Morgan fingerprint density at radius 1 is 1.24 bits per heavy atom. The van der Waals surface area contributed by atoms with Gasteiger partial charge in [0.05, 0.1) is 10.2 Å². The van der Waals surface area contributed by atoms with Gasteiger partial charge >= 0.3 is 0 Å². The zero-order valence-corrected chi connectivity index (χ0v) is 12.6. The molecule has 0 amide bonds. The Morgan fingerprint density at radius 3 is 2.59 bits per heavy atom. The van der Waals surface area contributed by atoms with Gasteiger partial charge in [-0.2, -0.15) is 0 Å². The maximum absolute atomic E-state index is 5.64. The van der Waals surface area contributed by atoms with Gasteiger partial charge < -0.3 is 14.5 Å². The lowest BCUT2D eigenvalue weighted by Gasteiger charge is -2.34. The third-order valence-electron chi connectivity index (χ3n) is 3.08. The molecule has 1 fully saturated rings. The highest BCUT2D eigenvalue weighted by Gasteiger charge is 2.15. The molecule has 0 saturated carbocycles. The summed E-state index contributed by atoms with van der Waals surface area (Å²) >= 11 is 2.32. The van der Waals surface area contributed by atoms with E-state index in [1.165, 1.54) is 9.26 Å². The second-order valence-corrected chi connectivity index (χ2v) is 5.50. The summed E-state index contributed by atoms with van der Waals surface area (Å²) in [7, 11) is 2.18. The van der Waals surface area contributed by atoms with Gasteiger partial charge in [-0.25, -0.2) is 0 Å². The van der Waals surface area contributed by atoms with E-state index in [2.05, 4.69) is 57.6 Å². The van der Waals surface area contributed by atoms with Crippen LogP contribution in [0.4, 0.5) is 5.69 Å². The molecular weight excluding hydrogens is 327 g/mol. The van der Waals surface area contributed by atoms with Crippen LogP contribution in [0.5, 0.6) is 5.75 Å². The van der Waals surface area contributed by atoms with Crippen LogP contribution in [0.25, 0.3) is 0 Å². The van der Waals surface area contributed by atoms with Crippen LogP contribution < -0.4 is 9.64 Å². The average molecular weight is 346 g/mol. The second-order valence-electron chi connectivity index (χ2n) is 4.34. The van der Waals surface area contributed by atoms with Crippen LogP contribution in [-0.4, -0.2) is 44.7 Å². The molecular formula is C13H19IN2O. The minimum Gasteiger partial charge on any atom is -0.493 e. The van der Waals surface area contributed by atoms with Gasteiger partial charge in [-0.1, -0.05) is 0 Å². The van der Waals surface area contributed by atoms with E-state index in [-0.39, 0.29) is 0 Å². The third-order valence-corrected chi connectivity index (χ3v) is 3.97. The topological polar surface area (TPSA) is 15.7 Å². The van der Waals surface area contributed by atoms with Crippen LogP contribution in [0.15, 0.2) is 18.2 Å². The molecule has 0 N–H and O–H groups in total. The quantitative estimate of drug-likeness (QED) is 0.782. The number of piperazine rings is 1. The Labute approximate surface area is 117 Å². The molecule has 1 aromatic carbocycles. The van der Waals surface area contributed by atoms with Crippen LogP contribution >= 0.6 is 22.6 Å². The zero-order chi connectivity index (χ0) is 12.3. The van der Waals surface area contributed by atoms with Crippen molar-refractivity contribution in [2.75, 3.05) is 44.7 Å². The second kappa shape index (κ2) is 5.91. The van der Waals surface area contributed by atoms with Crippen molar-refractivity contribution < 1.29 is 4.74 Å². The summed E-state index contributed by atoms with van der Waals surface area (Å²) in [4.78, 5) is 4.80. The largest absolute Gasteiger partial charge is 0.493 e. The molecule has 2 rings (SSSR count). The number of hydrogen-bond donors (Lipinski definition) is 0. The lowest BCUT2D eigenvalue weighted by atomic mass is 10.2. The maximum Gasteiger partial charge on any atom is 0.134 e. The highest BCUT2D eigenvalue weighted by Crippen LogP contribution is 2.27. The highest BCUT2D eigenvalue weighted by atomic mass is 127. The van der Waals surface area contributed by atoms with Crippen LogP contribution in [0.3, 0.4) is 0 Å². The average Bonchev–Trinajstić information content (AvgIpc) is 2.33. The molecule has 0 unspecified atom stereocenters. The van der Waals surface area contributed by atoms with E-state index in [1.807, 2.05) is 6.92 Å². The Bertz CT molecular complexity index is 376. The van der Waals surface area contributed by atoms with Crippen molar-refractivity contribution in [3.8, 4) is 5.75 Å². The van der Waals surface area contributed by atoms with Gasteiger partial charge in [-0.05, 0) is 48.7 Å². The van der Waals surface area contributed by atoms with E-state index in [9.17, 15) is 0 Å². The summed E-state index contributed by atoms with van der Waals surface area (Å²) in [5.74, 6) is 1.00. The molecule has 0 bridgehead atoms. The first-order chi connectivity index (χ1) is 8.20. The predicted molar refractivity (Wildman–Crippen MR) is 80.0 cm³/mol. The highest BCUT2D eigenvalue weighted by molar-refractivity contribution is 14.1. The van der Waals surface area contributed by atoms with Crippen molar-refractivity contribution in [3.63, 3.8) is 0 Å². The minimum absolute atomic E-state index is 0.724. The standard InChI is InChI=1S/C13H19IN2O/c1-3-17-13-10-11(4-5-12(13)14)16-8-6-15(2)7-9-16/h4-5,10H,3,6-9H2,1-2H3. The number of hydrogen-bond acceptors (Lipinski definition) is 3. The Balaban J connectivity index is 2.12. The third kappa shape index (κ3) is 3.25. The smallest absolute Gasteiger partial charge is 0.134 e. The van der Waals surface area contributed by atoms with E-state index in [0.717, 1.165) is 38.5 Å². The fourth-order valence-corrected chi connectivity index (χ4v) is 2.51. The molecule has 3 nitrogen and oxygen atoms in total. The summed E-state index contributed by atoms with van der Waals surface area (Å²) in [6.45, 7) is 7.22. The monoisotopic (exact) mass is 346 g/mol. The fraction of sp³-hybridized carbons (Fsp3) is 0.538. The molecule has 0 spiro atoms. The van der Waals surface area contributed by atoms with Crippen molar-refractivity contribution in [3.05, 3.63) is 21.8 Å². The molecule has 1 heterocycles. The van der Waals surface area contributed by atoms with Crippen LogP contribution in [-0.2, 0) is 0 Å². The molecule has 0 atom stereocenters. The molecule has 94 valence electrons. The number of nitrogens with zero attached hydrogens (tertiary/aromatic N) is 2. The Kier molecular flexibility index (Phi) is 4.50. The maximum atomic E-state index is 5.64. The molecule has 1 aliphatic heterocycles. The van der Waals surface area contributed by atoms with Crippen LogP contribution in [0.2, 0.25) is 0 Å². The van der Waals surface area contributed by atoms with Gasteiger partial charge in [0, 0.05) is 37.9 Å². The number of rotatable bonds is 3. The first kappa shape index (κ1) is 13.0. The van der Waals surface area contributed by atoms with Gasteiger partial charge in [0.25, 0.3) is 0 Å². The van der Waals surface area contributed by atoms with Crippen LogP contribution in [0, 0.1) is 3.57 Å². The van der Waals surface area contributed by atoms with Gasteiger partial charge in [0.1, 0.15) is 5.75 Å². The normalized spacial score (nSPS) is 17.2. The summed E-state index contributed by atoms with van der Waals surface area (Å²) in [6.07, 6.45) is 0. The summed E-state index contributed by atoms with van der Waals surface area (Å²) in [5.41, 5.74) is 1.28. The lowest BCUT2D eigenvalue weighted by molar-refractivity contribution is 0.312. The van der Waals surface area contributed by atoms with E-state index in [4.69, 9.17) is 4.74 Å². The zero-order valence-electron chi connectivity index (χ0n) is 10.4. The van der Waals surface area contributed by atoms with Crippen LogP contribution in [0.1, 0.15) is 6.92 Å². The van der Waals surface area contributed by atoms with Crippen molar-refractivity contribution in [2.45, 2.75) is 6.92 Å². The molecule has 0 aromatic heterocycles. The van der Waals surface area contributed by atoms with E-state index in [0.29, 0.717) is 0 Å². The minimum atomic E-state index is 0.724. The van der Waals surface area contributed by atoms with Gasteiger partial charge in [-0.3, -0.25) is 0 Å². The van der Waals surface area contributed by atoms with Gasteiger partial charge in [-0.15, -0.1) is 0 Å². The SMILES string of the molecule is CCOc1cc(N2CCN(C)CC2)ccc1I. The molecule has 17 heavy (non-hydrogen) atoms. The van der Waals surface area contributed by atoms with Crippen molar-refractivity contribution in [1.82, 2.24) is 4.90 Å². The van der Waals surface area contributed by atoms with E-state index < -0.39 is 0 Å². The summed E-state index contributed by atoms with van der Waals surface area (Å²) in [6, 6.07) is 6.49. The number of ether oxygens (including phenoxy) is 1. The Hall–Kier alpha value is -0.490. The van der Waals surface area contributed by atoms with E-state index in [1.54, 1.807) is 0 Å². The molecule has 0 aliphatic carbocycles. The predicted octanol–water partition coefficient (Wildman–Crippen LogP) is 2.44. The first-order valence-electron chi connectivity index (χ1n) is 6.06. The number of anilines is 1. The van der Waals surface area contributed by atoms with Crippen molar-refractivity contribution in [2.24, 2.45) is 0 Å². The van der Waals surface area contributed by atoms with Crippen molar-refractivity contribution in [1.29, 1.82) is 0 Å². The fourth-order valence-electron chi connectivity index (χ4n) is 2.02. The van der Waals surface area contributed by atoms with E-state index >= 15 is 0 Å². The number of halogens is 1. The van der Waals surface area contributed by atoms with Gasteiger partial charge in [0.15, 0.2) is 0 Å². The Morgan fingerprint density at radius 2 is 1.94 bits per heavy atom. The molecule has 0 radical (unpaired) electrons. The molecule has 1 aliphatic rings. The number of likely N-dealkylation sites (N-methyl/N-ethyl adjacent to an activating group) is 1. The molecule has 1 aromatic rings. The molecule has 1 saturated heterocycles. The van der Waals surface area contributed by atoms with Gasteiger partial charge in [0.2, 0.25) is 0 Å². The number of benzene rings is 1. The first-order valence-corrected chi connectivity index (χ1v) is 7.14. The lowest BCUT2D eigenvalue weighted by Crippen LogP contribution is -2.44.